The van der Waals surface area contributed by atoms with Crippen LogP contribution in [0.4, 0.5) is 34.1 Å². The molecule has 0 atom stereocenters. The topological polar surface area (TPSA) is 32.3 Å². The van der Waals surface area contributed by atoms with Crippen LogP contribution >= 0.6 is 0 Å². The number of fused-ring (bicyclic) bond motifs is 7. The van der Waals surface area contributed by atoms with Gasteiger partial charge < -0.3 is 9.80 Å². The Kier molecular flexibility index (Phi) is 13.0. The van der Waals surface area contributed by atoms with Crippen molar-refractivity contribution in [3.63, 3.8) is 0 Å². The van der Waals surface area contributed by atoms with Crippen molar-refractivity contribution in [1.82, 2.24) is 9.97 Å². The fourth-order valence-corrected chi connectivity index (χ4v) is 14.5. The smallest absolute Gasteiger partial charge is 0.252 e. The van der Waals surface area contributed by atoms with Gasteiger partial charge in [-0.25, -0.2) is 9.97 Å². The lowest BCUT2D eigenvalue weighted by atomic mass is 9.33. The van der Waals surface area contributed by atoms with Crippen LogP contribution in [0.25, 0.3) is 122 Å². The van der Waals surface area contributed by atoms with Crippen molar-refractivity contribution < 1.29 is 0 Å². The summed E-state index contributed by atoms with van der Waals surface area (Å²) in [5, 5.41) is 5.69. The molecule has 0 aliphatic carbocycles. The molecule has 432 valence electrons. The molecule has 4 nitrogen and oxygen atoms in total. The van der Waals surface area contributed by atoms with Crippen LogP contribution in [0.1, 0.15) is 0 Å². The maximum atomic E-state index is 5.91. The number of rotatable bonds is 10. The van der Waals surface area contributed by atoms with Crippen LogP contribution in [0, 0.1) is 0 Å². The minimum Gasteiger partial charge on any atom is -0.311 e. The highest BCUT2D eigenvalue weighted by Gasteiger charge is 2.44. The van der Waals surface area contributed by atoms with E-state index in [2.05, 4.69) is 356 Å². The van der Waals surface area contributed by atoms with E-state index in [1.54, 1.807) is 0 Å². The Bertz CT molecular complexity index is 5150. The molecule has 0 saturated heterocycles. The van der Waals surface area contributed by atoms with Crippen molar-refractivity contribution in [2.45, 2.75) is 0 Å². The second kappa shape index (κ2) is 22.4. The average molecular weight is 1180 g/mol. The maximum Gasteiger partial charge on any atom is 0.252 e. The summed E-state index contributed by atoms with van der Waals surface area (Å²) in [6, 6.07) is 127. The summed E-state index contributed by atoms with van der Waals surface area (Å²) in [7, 11) is 0. The van der Waals surface area contributed by atoms with Crippen LogP contribution in [0.2, 0.25) is 0 Å². The quantitative estimate of drug-likeness (QED) is 0.128. The van der Waals surface area contributed by atoms with E-state index in [1.807, 2.05) is 0 Å². The van der Waals surface area contributed by atoms with Gasteiger partial charge >= 0.3 is 0 Å². The predicted octanol–water partition coefficient (Wildman–Crippen LogP) is 21.4. The third kappa shape index (κ3) is 9.57. The highest BCUT2D eigenvalue weighted by molar-refractivity contribution is 7.00. The molecule has 1 aromatic heterocycles. The summed E-state index contributed by atoms with van der Waals surface area (Å²) in [6.07, 6.45) is 0. The SMILES string of the molecule is c1ccc(-c2cc(-c3ccccc3)cc(-c3nc(-c4cc5c6c(c4)N(c4cc(-c7ccccc7)cc(-c7ccccc7)c4)c4cc7ccccc7cc4B6c4cc6ccccc6cc4N5c4cc(-c5ccccc5)cc(-c5ccccc5)c4)c4ccccc4n3)c2)cc1. The molecule has 0 unspecified atom stereocenters. The molecule has 16 aromatic rings. The Morgan fingerprint density at radius 3 is 0.914 bits per heavy atom. The molecule has 0 fully saturated rings. The highest BCUT2D eigenvalue weighted by atomic mass is 15.2. The largest absolute Gasteiger partial charge is 0.311 e. The van der Waals surface area contributed by atoms with Gasteiger partial charge in [0.15, 0.2) is 5.82 Å². The first kappa shape index (κ1) is 53.8. The molecule has 0 saturated carbocycles. The van der Waals surface area contributed by atoms with Gasteiger partial charge in [0.1, 0.15) is 0 Å². The van der Waals surface area contributed by atoms with Gasteiger partial charge in [-0.15, -0.1) is 0 Å². The third-order valence-electron chi connectivity index (χ3n) is 18.9. The summed E-state index contributed by atoms with van der Waals surface area (Å²) in [5.41, 5.74) is 27.4. The van der Waals surface area contributed by atoms with Gasteiger partial charge in [-0.05, 0) is 190 Å². The lowest BCUT2D eigenvalue weighted by molar-refractivity contribution is 1.22. The Morgan fingerprint density at radius 1 is 0.226 bits per heavy atom. The zero-order valence-electron chi connectivity index (χ0n) is 50.8. The lowest BCUT2D eigenvalue weighted by Crippen LogP contribution is -2.61. The molecule has 18 rings (SSSR count). The first-order valence-corrected chi connectivity index (χ1v) is 32.0. The summed E-state index contributed by atoms with van der Waals surface area (Å²) >= 11 is 0. The summed E-state index contributed by atoms with van der Waals surface area (Å²) < 4.78 is 0. The van der Waals surface area contributed by atoms with Gasteiger partial charge in [0, 0.05) is 50.6 Å². The Morgan fingerprint density at radius 2 is 0.538 bits per heavy atom. The normalized spacial score (nSPS) is 12.2. The number of nitrogens with zero attached hydrogens (tertiary/aromatic N) is 4. The van der Waals surface area contributed by atoms with E-state index in [-0.39, 0.29) is 6.71 Å². The fraction of sp³-hybridized carbons (Fsp3) is 0. The van der Waals surface area contributed by atoms with E-state index in [0.29, 0.717) is 5.82 Å². The zero-order chi connectivity index (χ0) is 61.3. The van der Waals surface area contributed by atoms with Gasteiger partial charge in [0.2, 0.25) is 0 Å². The molecule has 0 radical (unpaired) electrons. The number of hydrogen-bond acceptors (Lipinski definition) is 4. The molecule has 93 heavy (non-hydrogen) atoms. The van der Waals surface area contributed by atoms with E-state index in [1.165, 1.54) is 37.9 Å². The molecule has 3 heterocycles. The van der Waals surface area contributed by atoms with E-state index < -0.39 is 0 Å². The van der Waals surface area contributed by atoms with Crippen LogP contribution in [-0.2, 0) is 0 Å². The van der Waals surface area contributed by atoms with Gasteiger partial charge in [-0.1, -0.05) is 261 Å². The van der Waals surface area contributed by atoms with E-state index >= 15 is 0 Å². The molecule has 0 bridgehead atoms. The number of aromatic nitrogens is 2. The molecule has 15 aromatic carbocycles. The van der Waals surface area contributed by atoms with Crippen molar-refractivity contribution in [2.75, 3.05) is 9.80 Å². The lowest BCUT2D eigenvalue weighted by Gasteiger charge is -2.45. The van der Waals surface area contributed by atoms with Gasteiger partial charge in [0.05, 0.1) is 11.2 Å². The minimum atomic E-state index is -0.192. The first-order chi connectivity index (χ1) is 46.1. The average Bonchev–Trinajstić information content (AvgIpc) is 0.692. The van der Waals surface area contributed by atoms with Crippen molar-refractivity contribution in [1.29, 1.82) is 0 Å². The van der Waals surface area contributed by atoms with Crippen molar-refractivity contribution in [3.8, 4) is 89.4 Å². The van der Waals surface area contributed by atoms with Gasteiger partial charge in [-0.3, -0.25) is 0 Å². The number of anilines is 6. The Labute approximate surface area is 541 Å². The predicted molar refractivity (Wildman–Crippen MR) is 392 cm³/mol. The summed E-state index contributed by atoms with van der Waals surface area (Å²) in [5.74, 6) is 0.649. The van der Waals surface area contributed by atoms with Crippen molar-refractivity contribution >= 4 is 89.7 Å². The first-order valence-electron chi connectivity index (χ1n) is 32.0. The molecule has 2 aliphatic rings. The van der Waals surface area contributed by atoms with Crippen LogP contribution in [-0.4, -0.2) is 16.7 Å². The summed E-state index contributed by atoms with van der Waals surface area (Å²) in [4.78, 5) is 16.6. The molecular weight excluding hydrogens is 1120 g/mol. The molecular formula is C88H57BN4. The molecule has 2 aliphatic heterocycles. The zero-order valence-corrected chi connectivity index (χ0v) is 50.8. The molecule has 0 N–H and O–H groups in total. The van der Waals surface area contributed by atoms with Crippen molar-refractivity contribution in [2.24, 2.45) is 0 Å². The molecule has 0 amide bonds. The number of hydrogen-bond donors (Lipinski definition) is 0. The molecule has 0 spiro atoms. The van der Waals surface area contributed by atoms with Gasteiger partial charge in [0.25, 0.3) is 6.71 Å². The van der Waals surface area contributed by atoms with Crippen LogP contribution in [0.3, 0.4) is 0 Å². The number of benzene rings is 15. The van der Waals surface area contributed by atoms with E-state index in [4.69, 9.17) is 9.97 Å². The van der Waals surface area contributed by atoms with Crippen LogP contribution in [0.15, 0.2) is 346 Å². The standard InChI is InChI=1S/C88H57BN4/c1-7-25-58(26-8-1)68-43-69(59-27-9-2-10-28-59)47-75(46-68)88-90-81-42-24-23-41-78(81)87(91-88)74-56-84-86-85(57-74)93(77-50-72(62-33-15-5-16-34-62)45-73(51-77)63-35-17-6-18-36-63)83-55-67-40-22-20-38-65(67)53-80(83)89(86)79-52-64-37-19-21-39-66(64)54-82(79)92(84)76-48-70(60-29-11-3-12-30-60)44-71(49-76)61-31-13-4-14-32-61/h1-57H. The number of para-hydroxylation sites is 1. The Balaban J connectivity index is 0.982. The van der Waals surface area contributed by atoms with Crippen LogP contribution in [0.5, 0.6) is 0 Å². The van der Waals surface area contributed by atoms with E-state index in [9.17, 15) is 0 Å². The minimum absolute atomic E-state index is 0.192. The third-order valence-corrected chi connectivity index (χ3v) is 18.9. The van der Waals surface area contributed by atoms with Crippen LogP contribution < -0.4 is 26.2 Å². The monoisotopic (exact) mass is 1180 g/mol. The van der Waals surface area contributed by atoms with Gasteiger partial charge in [-0.2, -0.15) is 0 Å². The second-order valence-corrected chi connectivity index (χ2v) is 24.5. The van der Waals surface area contributed by atoms with Crippen molar-refractivity contribution in [3.05, 3.63) is 346 Å². The summed E-state index contributed by atoms with van der Waals surface area (Å²) in [6.45, 7) is -0.192. The second-order valence-electron chi connectivity index (χ2n) is 24.5. The molecule has 5 heteroatoms. The Hall–Kier alpha value is -12.2. The maximum absolute atomic E-state index is 5.91. The van der Waals surface area contributed by atoms with E-state index in [0.717, 1.165) is 129 Å². The fourth-order valence-electron chi connectivity index (χ4n) is 14.5. The highest BCUT2D eigenvalue weighted by Crippen LogP contribution is 2.50.